The van der Waals surface area contributed by atoms with Crippen LogP contribution in [0.15, 0.2) is 37.0 Å². The molecule has 0 fully saturated rings. The van der Waals surface area contributed by atoms with Gasteiger partial charge in [-0.25, -0.2) is 4.79 Å². The Hall–Kier alpha value is -1.31. The van der Waals surface area contributed by atoms with E-state index >= 15 is 0 Å². The first-order valence-corrected chi connectivity index (χ1v) is 6.21. The molecular formula is C15H24O2. The molecule has 0 aromatic carbocycles. The molecule has 96 valence electrons. The van der Waals surface area contributed by atoms with Crippen LogP contribution < -0.4 is 0 Å². The maximum absolute atomic E-state index is 11.7. The average Bonchev–Trinajstić information content (AvgIpc) is 2.38. The van der Waals surface area contributed by atoms with E-state index in [1.54, 1.807) is 12.2 Å². The molecule has 2 heteroatoms. The Morgan fingerprint density at radius 3 is 2.06 bits per heavy atom. The summed E-state index contributed by atoms with van der Waals surface area (Å²) in [6.07, 6.45) is 7.72. The van der Waals surface area contributed by atoms with Crippen LogP contribution >= 0.6 is 0 Å². The van der Waals surface area contributed by atoms with Crippen LogP contribution in [0.3, 0.4) is 0 Å². The highest BCUT2D eigenvalue weighted by Crippen LogP contribution is 2.30. The molecule has 0 bridgehead atoms. The predicted octanol–water partition coefficient (Wildman–Crippen LogP) is 4.04. The van der Waals surface area contributed by atoms with Crippen LogP contribution in [0.5, 0.6) is 0 Å². The van der Waals surface area contributed by atoms with Crippen LogP contribution in [0.4, 0.5) is 0 Å². The largest absolute Gasteiger partial charge is 0.462 e. The monoisotopic (exact) mass is 236 g/mol. The Morgan fingerprint density at radius 1 is 1.18 bits per heavy atom. The van der Waals surface area contributed by atoms with Crippen molar-refractivity contribution in [1.29, 1.82) is 0 Å². The van der Waals surface area contributed by atoms with E-state index in [-0.39, 0.29) is 11.4 Å². The molecule has 0 aliphatic heterocycles. The zero-order chi connectivity index (χ0) is 13.3. The number of carbonyl (C=O) groups excluding carboxylic acids is 1. The molecule has 0 aliphatic carbocycles. The summed E-state index contributed by atoms with van der Waals surface area (Å²) in [5.74, 6) is -0.320. The van der Waals surface area contributed by atoms with Gasteiger partial charge in [0.1, 0.15) is 0 Å². The number of rotatable bonds is 8. The third-order valence-electron chi connectivity index (χ3n) is 3.51. The first kappa shape index (κ1) is 15.7. The molecule has 0 saturated heterocycles. The molecule has 0 unspecified atom stereocenters. The third kappa shape index (κ3) is 4.59. The molecule has 0 rings (SSSR count). The summed E-state index contributed by atoms with van der Waals surface area (Å²) in [6.45, 7) is 14.0. The molecule has 0 amide bonds. The maximum atomic E-state index is 11.7. The second-order valence-electron chi connectivity index (χ2n) is 4.20. The Labute approximate surface area is 105 Å². The Balaban J connectivity index is 4.55. The molecule has 2 nitrogen and oxygen atoms in total. The minimum atomic E-state index is -0.320. The van der Waals surface area contributed by atoms with Crippen molar-refractivity contribution in [2.45, 2.75) is 40.0 Å². The quantitative estimate of drug-likeness (QED) is 0.361. The van der Waals surface area contributed by atoms with Crippen molar-refractivity contribution < 1.29 is 9.53 Å². The molecule has 0 spiro atoms. The van der Waals surface area contributed by atoms with Gasteiger partial charge in [0.15, 0.2) is 0 Å². The fourth-order valence-electron chi connectivity index (χ4n) is 1.70. The van der Waals surface area contributed by atoms with Gasteiger partial charge >= 0.3 is 5.97 Å². The summed E-state index contributed by atoms with van der Waals surface area (Å²) in [6, 6.07) is 0. The third-order valence-corrected chi connectivity index (χ3v) is 3.51. The van der Waals surface area contributed by atoms with Crippen molar-refractivity contribution in [3.05, 3.63) is 37.0 Å². The van der Waals surface area contributed by atoms with Gasteiger partial charge in [0.2, 0.25) is 0 Å². The van der Waals surface area contributed by atoms with E-state index in [2.05, 4.69) is 33.9 Å². The standard InChI is InChI=1S/C15H24O2/c1-6-11-13(7-2)14(16)17-12-15(8-3,9-4)10-5/h6-7,11H,1-2,8-10,12H2,3-5H3/b13-11+. The lowest BCUT2D eigenvalue weighted by atomic mass is 9.81. The van der Waals surface area contributed by atoms with Crippen LogP contribution in [0.1, 0.15) is 40.0 Å². The normalized spacial score (nSPS) is 12.1. The minimum absolute atomic E-state index is 0.107. The van der Waals surface area contributed by atoms with Crippen molar-refractivity contribution in [1.82, 2.24) is 0 Å². The van der Waals surface area contributed by atoms with Gasteiger partial charge in [-0.05, 0) is 25.3 Å². The number of carbonyl (C=O) groups is 1. The molecule has 0 saturated carbocycles. The first-order chi connectivity index (χ1) is 8.09. The van der Waals surface area contributed by atoms with E-state index in [0.717, 1.165) is 19.3 Å². The van der Waals surface area contributed by atoms with Crippen molar-refractivity contribution in [3.8, 4) is 0 Å². The van der Waals surface area contributed by atoms with Gasteiger partial charge < -0.3 is 4.74 Å². The highest BCUT2D eigenvalue weighted by molar-refractivity contribution is 5.91. The van der Waals surface area contributed by atoms with Crippen LogP contribution in [0, 0.1) is 5.41 Å². The SMILES string of the molecule is C=C/C=C(\C=C)C(=O)OCC(CC)(CC)CC. The molecule has 0 N–H and O–H groups in total. The van der Waals surface area contributed by atoms with Gasteiger partial charge in [-0.3, -0.25) is 0 Å². The molecule has 0 atom stereocenters. The zero-order valence-corrected chi connectivity index (χ0v) is 11.3. The van der Waals surface area contributed by atoms with E-state index in [1.165, 1.54) is 6.08 Å². The molecular weight excluding hydrogens is 212 g/mol. The lowest BCUT2D eigenvalue weighted by molar-refractivity contribution is -0.142. The van der Waals surface area contributed by atoms with Crippen molar-refractivity contribution in [2.24, 2.45) is 5.41 Å². The first-order valence-electron chi connectivity index (χ1n) is 6.21. The summed E-state index contributed by atoms with van der Waals surface area (Å²) in [4.78, 5) is 11.7. The average molecular weight is 236 g/mol. The van der Waals surface area contributed by atoms with E-state index in [1.807, 2.05) is 0 Å². The fraction of sp³-hybridized carbons (Fsp3) is 0.533. The number of hydrogen-bond acceptors (Lipinski definition) is 2. The number of hydrogen-bond donors (Lipinski definition) is 0. The van der Waals surface area contributed by atoms with Gasteiger partial charge in [-0.1, -0.05) is 46.1 Å². The van der Waals surface area contributed by atoms with E-state index in [0.29, 0.717) is 12.2 Å². The van der Waals surface area contributed by atoms with Crippen LogP contribution in [-0.4, -0.2) is 12.6 Å². The summed E-state index contributed by atoms with van der Waals surface area (Å²) >= 11 is 0. The second-order valence-corrected chi connectivity index (χ2v) is 4.20. The topological polar surface area (TPSA) is 26.3 Å². The smallest absolute Gasteiger partial charge is 0.338 e. The second kappa shape index (κ2) is 7.88. The molecule has 0 aromatic heterocycles. The van der Waals surface area contributed by atoms with Crippen molar-refractivity contribution >= 4 is 5.97 Å². The molecule has 0 aliphatic rings. The van der Waals surface area contributed by atoms with Gasteiger partial charge in [0.05, 0.1) is 12.2 Å². The predicted molar refractivity (Wildman–Crippen MR) is 72.7 cm³/mol. The molecule has 0 aromatic rings. The summed E-state index contributed by atoms with van der Waals surface area (Å²) in [5.41, 5.74) is 0.563. The van der Waals surface area contributed by atoms with E-state index in [4.69, 9.17) is 4.74 Å². The Bertz CT molecular complexity index is 288. The van der Waals surface area contributed by atoms with Gasteiger partial charge in [0, 0.05) is 5.41 Å². The Kier molecular flexibility index (Phi) is 7.27. The Morgan fingerprint density at radius 2 is 1.71 bits per heavy atom. The molecule has 0 radical (unpaired) electrons. The molecule has 0 heterocycles. The van der Waals surface area contributed by atoms with E-state index in [9.17, 15) is 4.79 Å². The van der Waals surface area contributed by atoms with Crippen molar-refractivity contribution in [3.63, 3.8) is 0 Å². The zero-order valence-electron chi connectivity index (χ0n) is 11.3. The highest BCUT2D eigenvalue weighted by Gasteiger charge is 2.26. The highest BCUT2D eigenvalue weighted by atomic mass is 16.5. The van der Waals surface area contributed by atoms with Crippen LogP contribution in [0.25, 0.3) is 0 Å². The number of allylic oxidation sites excluding steroid dienone is 2. The van der Waals surface area contributed by atoms with Crippen molar-refractivity contribution in [2.75, 3.05) is 6.61 Å². The van der Waals surface area contributed by atoms with E-state index < -0.39 is 0 Å². The maximum Gasteiger partial charge on any atom is 0.338 e. The lowest BCUT2D eigenvalue weighted by Crippen LogP contribution is -2.26. The van der Waals surface area contributed by atoms with Gasteiger partial charge in [-0.15, -0.1) is 0 Å². The summed E-state index contributed by atoms with van der Waals surface area (Å²) in [5, 5.41) is 0. The van der Waals surface area contributed by atoms with Crippen LogP contribution in [-0.2, 0) is 9.53 Å². The van der Waals surface area contributed by atoms with Gasteiger partial charge in [0.25, 0.3) is 0 Å². The van der Waals surface area contributed by atoms with Crippen LogP contribution in [0.2, 0.25) is 0 Å². The van der Waals surface area contributed by atoms with Gasteiger partial charge in [-0.2, -0.15) is 0 Å². The number of ether oxygens (including phenoxy) is 1. The lowest BCUT2D eigenvalue weighted by Gasteiger charge is -2.29. The number of esters is 1. The summed E-state index contributed by atoms with van der Waals surface area (Å²) in [7, 11) is 0. The molecule has 17 heavy (non-hydrogen) atoms. The summed E-state index contributed by atoms with van der Waals surface area (Å²) < 4.78 is 5.36. The fourth-order valence-corrected chi connectivity index (χ4v) is 1.70. The minimum Gasteiger partial charge on any atom is -0.462 e.